The van der Waals surface area contributed by atoms with Gasteiger partial charge in [-0.15, -0.1) is 0 Å². The number of para-hydroxylation sites is 1. The highest BCUT2D eigenvalue weighted by Crippen LogP contribution is 2.29. The van der Waals surface area contributed by atoms with Crippen molar-refractivity contribution < 1.29 is 19.0 Å². The Morgan fingerprint density at radius 3 is 2.41 bits per heavy atom. The van der Waals surface area contributed by atoms with Crippen LogP contribution in [0.15, 0.2) is 42.5 Å². The van der Waals surface area contributed by atoms with Gasteiger partial charge in [0.15, 0.2) is 11.5 Å². The molecule has 0 spiro atoms. The second-order valence-electron chi connectivity index (χ2n) is 6.32. The molecule has 0 saturated carbocycles. The second-order valence-corrected chi connectivity index (χ2v) is 6.32. The van der Waals surface area contributed by atoms with Crippen LogP contribution in [0.3, 0.4) is 0 Å². The standard InChI is InChI=1S/C23H28O4/c1-5-7-15-26-20-13-11-19(16-21(20)25-6-2)12-14-22(24)27-23-17(3)9-8-10-18(23)4/h8-14,16H,5-7,15H2,1-4H3/b14-12+. The van der Waals surface area contributed by atoms with E-state index in [9.17, 15) is 4.79 Å². The van der Waals surface area contributed by atoms with Crippen LogP contribution in [-0.2, 0) is 4.79 Å². The van der Waals surface area contributed by atoms with E-state index in [0.29, 0.717) is 24.7 Å². The van der Waals surface area contributed by atoms with Crippen LogP contribution >= 0.6 is 0 Å². The average Bonchev–Trinajstić information content (AvgIpc) is 2.65. The second kappa shape index (κ2) is 10.4. The van der Waals surface area contributed by atoms with Crippen molar-refractivity contribution in [2.75, 3.05) is 13.2 Å². The number of carbonyl (C=O) groups excluding carboxylic acids is 1. The van der Waals surface area contributed by atoms with E-state index < -0.39 is 5.97 Å². The van der Waals surface area contributed by atoms with E-state index in [4.69, 9.17) is 14.2 Å². The van der Waals surface area contributed by atoms with Gasteiger partial charge in [-0.25, -0.2) is 4.79 Å². The first kappa shape index (κ1) is 20.6. The number of ether oxygens (including phenoxy) is 3. The minimum atomic E-state index is -0.409. The minimum Gasteiger partial charge on any atom is -0.490 e. The van der Waals surface area contributed by atoms with E-state index in [1.54, 1.807) is 6.08 Å². The van der Waals surface area contributed by atoms with Gasteiger partial charge in [-0.2, -0.15) is 0 Å². The molecule has 0 atom stereocenters. The summed E-state index contributed by atoms with van der Waals surface area (Å²) in [7, 11) is 0. The number of unbranched alkanes of at least 4 members (excludes halogenated alkanes) is 1. The van der Waals surface area contributed by atoms with Crippen LogP contribution in [0.25, 0.3) is 6.08 Å². The van der Waals surface area contributed by atoms with Gasteiger partial charge in [0.05, 0.1) is 13.2 Å². The number of hydrogen-bond acceptors (Lipinski definition) is 4. The number of hydrogen-bond donors (Lipinski definition) is 0. The lowest BCUT2D eigenvalue weighted by atomic mass is 10.1. The average molecular weight is 368 g/mol. The number of benzene rings is 2. The molecule has 27 heavy (non-hydrogen) atoms. The summed E-state index contributed by atoms with van der Waals surface area (Å²) in [5.74, 6) is 1.61. The first-order valence-corrected chi connectivity index (χ1v) is 9.40. The van der Waals surface area contributed by atoms with Gasteiger partial charge in [-0.05, 0) is 62.1 Å². The molecule has 2 rings (SSSR count). The molecule has 2 aromatic carbocycles. The third-order valence-electron chi connectivity index (χ3n) is 4.05. The van der Waals surface area contributed by atoms with Gasteiger partial charge in [-0.1, -0.05) is 37.6 Å². The smallest absolute Gasteiger partial charge is 0.336 e. The first-order chi connectivity index (χ1) is 13.0. The monoisotopic (exact) mass is 368 g/mol. The predicted octanol–water partition coefficient (Wildman–Crippen LogP) is 5.50. The van der Waals surface area contributed by atoms with E-state index >= 15 is 0 Å². The van der Waals surface area contributed by atoms with Gasteiger partial charge >= 0.3 is 5.97 Å². The highest BCUT2D eigenvalue weighted by Gasteiger charge is 2.08. The minimum absolute atomic E-state index is 0.409. The van der Waals surface area contributed by atoms with Gasteiger partial charge in [0.1, 0.15) is 5.75 Å². The van der Waals surface area contributed by atoms with Crippen LogP contribution in [0.1, 0.15) is 43.4 Å². The Kier molecular flexibility index (Phi) is 7.93. The number of rotatable bonds is 9. The highest BCUT2D eigenvalue weighted by molar-refractivity contribution is 5.89. The van der Waals surface area contributed by atoms with Gasteiger partial charge < -0.3 is 14.2 Å². The molecule has 2 aromatic rings. The van der Waals surface area contributed by atoms with Crippen LogP contribution in [0.2, 0.25) is 0 Å². The molecular formula is C23H28O4. The fraction of sp³-hybridized carbons (Fsp3) is 0.348. The van der Waals surface area contributed by atoms with Crippen molar-refractivity contribution in [2.24, 2.45) is 0 Å². The zero-order valence-corrected chi connectivity index (χ0v) is 16.6. The van der Waals surface area contributed by atoms with E-state index in [0.717, 1.165) is 35.3 Å². The molecule has 0 unspecified atom stereocenters. The Labute approximate surface area is 161 Å². The molecule has 4 heteroatoms. The summed E-state index contributed by atoms with van der Waals surface area (Å²) in [6.07, 6.45) is 5.22. The molecule has 0 aliphatic heterocycles. The van der Waals surface area contributed by atoms with Crippen molar-refractivity contribution in [3.63, 3.8) is 0 Å². The quantitative estimate of drug-likeness (QED) is 0.254. The maximum absolute atomic E-state index is 12.2. The van der Waals surface area contributed by atoms with Crippen LogP contribution in [0.4, 0.5) is 0 Å². The molecule has 0 bridgehead atoms. The molecule has 0 heterocycles. The lowest BCUT2D eigenvalue weighted by Gasteiger charge is -2.12. The Balaban J connectivity index is 2.08. The molecule has 0 amide bonds. The molecule has 0 radical (unpaired) electrons. The summed E-state index contributed by atoms with van der Waals surface area (Å²) in [5, 5.41) is 0. The summed E-state index contributed by atoms with van der Waals surface area (Å²) >= 11 is 0. The molecule has 4 nitrogen and oxygen atoms in total. The lowest BCUT2D eigenvalue weighted by molar-refractivity contribution is -0.129. The summed E-state index contributed by atoms with van der Waals surface area (Å²) < 4.78 is 16.9. The topological polar surface area (TPSA) is 44.8 Å². The van der Waals surface area contributed by atoms with E-state index in [-0.39, 0.29) is 0 Å². The van der Waals surface area contributed by atoms with Gasteiger partial charge in [0.25, 0.3) is 0 Å². The van der Waals surface area contributed by atoms with Crippen molar-refractivity contribution >= 4 is 12.0 Å². The maximum Gasteiger partial charge on any atom is 0.336 e. The van der Waals surface area contributed by atoms with Gasteiger partial charge in [0, 0.05) is 6.08 Å². The van der Waals surface area contributed by atoms with Gasteiger partial charge in [-0.3, -0.25) is 0 Å². The molecule has 0 aliphatic carbocycles. The Morgan fingerprint density at radius 2 is 1.74 bits per heavy atom. The van der Waals surface area contributed by atoms with Crippen molar-refractivity contribution in [2.45, 2.75) is 40.5 Å². The highest BCUT2D eigenvalue weighted by atomic mass is 16.5. The summed E-state index contributed by atoms with van der Waals surface area (Å²) in [5.41, 5.74) is 2.72. The normalized spacial score (nSPS) is 10.8. The molecule has 144 valence electrons. The summed E-state index contributed by atoms with van der Waals surface area (Å²) in [6.45, 7) is 9.11. The molecule has 0 fully saturated rings. The van der Waals surface area contributed by atoms with Crippen LogP contribution in [0.5, 0.6) is 17.2 Å². The van der Waals surface area contributed by atoms with Crippen LogP contribution in [-0.4, -0.2) is 19.2 Å². The Morgan fingerprint density at radius 1 is 1.00 bits per heavy atom. The molecule has 0 aromatic heterocycles. The van der Waals surface area contributed by atoms with E-state index in [1.807, 2.05) is 57.2 Å². The molecule has 0 N–H and O–H groups in total. The molecule has 0 saturated heterocycles. The van der Waals surface area contributed by atoms with Crippen LogP contribution in [0, 0.1) is 13.8 Å². The largest absolute Gasteiger partial charge is 0.490 e. The van der Waals surface area contributed by atoms with E-state index in [2.05, 4.69) is 6.92 Å². The Bertz CT molecular complexity index is 773. The predicted molar refractivity (Wildman–Crippen MR) is 109 cm³/mol. The zero-order valence-electron chi connectivity index (χ0n) is 16.6. The van der Waals surface area contributed by atoms with Crippen molar-refractivity contribution in [3.8, 4) is 17.2 Å². The molecule has 0 aliphatic rings. The fourth-order valence-corrected chi connectivity index (χ4v) is 2.60. The zero-order chi connectivity index (χ0) is 19.6. The fourth-order valence-electron chi connectivity index (χ4n) is 2.60. The SMILES string of the molecule is CCCCOc1ccc(/C=C/C(=O)Oc2c(C)cccc2C)cc1OCC. The van der Waals surface area contributed by atoms with Gasteiger partial charge in [0.2, 0.25) is 0 Å². The third-order valence-corrected chi connectivity index (χ3v) is 4.05. The number of aryl methyl sites for hydroxylation is 2. The molecular weight excluding hydrogens is 340 g/mol. The number of esters is 1. The maximum atomic E-state index is 12.2. The van der Waals surface area contributed by atoms with Crippen molar-refractivity contribution in [1.82, 2.24) is 0 Å². The lowest BCUT2D eigenvalue weighted by Crippen LogP contribution is -2.06. The Hall–Kier alpha value is -2.75. The number of carbonyl (C=O) groups is 1. The van der Waals surface area contributed by atoms with Crippen LogP contribution < -0.4 is 14.2 Å². The van der Waals surface area contributed by atoms with E-state index in [1.165, 1.54) is 6.08 Å². The summed E-state index contributed by atoms with van der Waals surface area (Å²) in [6, 6.07) is 11.4. The summed E-state index contributed by atoms with van der Waals surface area (Å²) in [4.78, 5) is 12.2. The third kappa shape index (κ3) is 6.17. The van der Waals surface area contributed by atoms with Crippen molar-refractivity contribution in [1.29, 1.82) is 0 Å². The van der Waals surface area contributed by atoms with Crippen molar-refractivity contribution in [3.05, 3.63) is 59.2 Å². The first-order valence-electron chi connectivity index (χ1n) is 9.40.